The fraction of sp³-hybridized carbons (Fsp3) is 0.800. The van der Waals surface area contributed by atoms with Crippen molar-refractivity contribution in [3.8, 4) is 0 Å². The molecular formula is C10H27NO6S2. The molecule has 0 saturated heterocycles. The van der Waals surface area contributed by atoms with Crippen LogP contribution >= 0.6 is 13.5 Å². The summed E-state index contributed by atoms with van der Waals surface area (Å²) in [6.07, 6.45) is 1.46. The molecule has 1 atom stereocenters. The molecule has 0 rings (SSSR count). The highest BCUT2D eigenvalue weighted by atomic mass is 32.3. The summed E-state index contributed by atoms with van der Waals surface area (Å²) in [5.41, 5.74) is 0. The summed E-state index contributed by atoms with van der Waals surface area (Å²) in [7, 11) is -4.09. The zero-order valence-corrected chi connectivity index (χ0v) is 11.4. The molecule has 0 amide bonds. The second-order valence-corrected chi connectivity index (χ2v) is 4.08. The van der Waals surface area contributed by atoms with Crippen molar-refractivity contribution in [1.29, 1.82) is 0 Å². The first-order chi connectivity index (χ1) is 7.52. The molecule has 1 unspecified atom stereocenters. The van der Waals surface area contributed by atoms with E-state index >= 15 is 0 Å². The van der Waals surface area contributed by atoms with Gasteiger partial charge in [-0.1, -0.05) is 20.9 Å². The molecule has 0 aliphatic heterocycles. The SMILES string of the molecule is C.C.C=CCOCC(C)OCCOS(=O)(=O)ON.S. The second-order valence-electron chi connectivity index (χ2n) is 2.83. The molecule has 2 N–H and O–H groups in total. The van der Waals surface area contributed by atoms with Crippen LogP contribution in [0.3, 0.4) is 0 Å². The first-order valence-corrected chi connectivity index (χ1v) is 5.93. The molecule has 0 saturated carbocycles. The topological polar surface area (TPSA) is 97.1 Å². The van der Waals surface area contributed by atoms with Gasteiger partial charge in [0, 0.05) is 0 Å². The minimum atomic E-state index is -4.09. The first-order valence-electron chi connectivity index (χ1n) is 4.59. The van der Waals surface area contributed by atoms with Gasteiger partial charge in [-0.05, 0) is 6.92 Å². The lowest BCUT2D eigenvalue weighted by atomic mass is 10.4. The Morgan fingerprint density at radius 2 is 1.89 bits per heavy atom. The van der Waals surface area contributed by atoms with Crippen molar-refractivity contribution in [3.63, 3.8) is 0 Å². The maximum absolute atomic E-state index is 10.6. The quantitative estimate of drug-likeness (QED) is 0.366. The Bertz CT molecular complexity index is 284. The minimum Gasteiger partial charge on any atom is -0.375 e. The van der Waals surface area contributed by atoms with E-state index in [1.54, 1.807) is 13.0 Å². The number of nitrogens with two attached hydrogens (primary N) is 1. The van der Waals surface area contributed by atoms with E-state index in [1.165, 1.54) is 0 Å². The van der Waals surface area contributed by atoms with Crippen LogP contribution in [0.5, 0.6) is 0 Å². The van der Waals surface area contributed by atoms with Crippen LogP contribution in [0.4, 0.5) is 0 Å². The van der Waals surface area contributed by atoms with Crippen LogP contribution in [-0.4, -0.2) is 40.9 Å². The van der Waals surface area contributed by atoms with Crippen molar-refractivity contribution < 1.29 is 26.4 Å². The summed E-state index contributed by atoms with van der Waals surface area (Å²) in [4.78, 5) is 0. The molecular weight excluding hydrogens is 294 g/mol. The predicted octanol–water partition coefficient (Wildman–Crippen LogP) is 1.13. The fourth-order valence-electron chi connectivity index (χ4n) is 0.779. The summed E-state index contributed by atoms with van der Waals surface area (Å²) in [5.74, 6) is 4.45. The van der Waals surface area contributed by atoms with Crippen LogP contribution in [-0.2, 0) is 28.3 Å². The summed E-state index contributed by atoms with van der Waals surface area (Å²) in [6, 6.07) is 0. The number of hydrogen-bond acceptors (Lipinski definition) is 7. The molecule has 9 heteroatoms. The van der Waals surface area contributed by atoms with Crippen LogP contribution in [0.15, 0.2) is 12.7 Å². The molecule has 0 aliphatic rings. The van der Waals surface area contributed by atoms with E-state index < -0.39 is 10.4 Å². The Hall–Kier alpha value is -0.160. The summed E-state index contributed by atoms with van der Waals surface area (Å²) >= 11 is 0. The molecule has 0 aromatic carbocycles. The Kier molecular flexibility index (Phi) is 22.8. The molecule has 120 valence electrons. The van der Waals surface area contributed by atoms with Crippen LogP contribution in [0.2, 0.25) is 0 Å². The lowest BCUT2D eigenvalue weighted by Crippen LogP contribution is -2.21. The van der Waals surface area contributed by atoms with Gasteiger partial charge in [0.05, 0.1) is 32.5 Å². The van der Waals surface area contributed by atoms with E-state index in [2.05, 4.69) is 20.9 Å². The Labute approximate surface area is 123 Å². The van der Waals surface area contributed by atoms with Gasteiger partial charge in [-0.3, -0.25) is 0 Å². The Balaban J connectivity index is -0.000000375. The van der Waals surface area contributed by atoms with Crippen molar-refractivity contribution in [2.24, 2.45) is 5.90 Å². The molecule has 19 heavy (non-hydrogen) atoms. The molecule has 0 radical (unpaired) electrons. The highest BCUT2D eigenvalue weighted by molar-refractivity contribution is 7.81. The van der Waals surface area contributed by atoms with Crippen LogP contribution < -0.4 is 5.90 Å². The van der Waals surface area contributed by atoms with Gasteiger partial charge < -0.3 is 9.47 Å². The smallest absolute Gasteiger partial charge is 0.375 e. The summed E-state index contributed by atoms with van der Waals surface area (Å²) in [5, 5.41) is 0. The summed E-state index contributed by atoms with van der Waals surface area (Å²) in [6.45, 7) is 6.06. The average molecular weight is 321 g/mol. The van der Waals surface area contributed by atoms with Crippen molar-refractivity contribution >= 4 is 23.9 Å². The molecule has 0 aromatic rings. The van der Waals surface area contributed by atoms with Gasteiger partial charge in [-0.15, -0.1) is 6.58 Å². The molecule has 0 aromatic heterocycles. The fourth-order valence-corrected chi connectivity index (χ4v) is 1.11. The van der Waals surface area contributed by atoms with E-state index in [-0.39, 0.29) is 47.7 Å². The van der Waals surface area contributed by atoms with Gasteiger partial charge in [0.15, 0.2) is 0 Å². The summed E-state index contributed by atoms with van der Waals surface area (Å²) < 4.78 is 39.4. The number of hydrogen-bond donors (Lipinski definition) is 1. The molecule has 0 aliphatic carbocycles. The first kappa shape index (κ1) is 27.2. The van der Waals surface area contributed by atoms with Gasteiger partial charge in [0.1, 0.15) is 0 Å². The van der Waals surface area contributed by atoms with Crippen molar-refractivity contribution in [2.75, 3.05) is 26.4 Å². The van der Waals surface area contributed by atoms with E-state index in [4.69, 9.17) is 9.47 Å². The van der Waals surface area contributed by atoms with Crippen molar-refractivity contribution in [2.45, 2.75) is 27.9 Å². The third kappa shape index (κ3) is 17.8. The highest BCUT2D eigenvalue weighted by Gasteiger charge is 2.09. The lowest BCUT2D eigenvalue weighted by Gasteiger charge is -2.12. The zero-order chi connectivity index (χ0) is 12.4. The maximum Gasteiger partial charge on any atom is 0.415 e. The standard InChI is InChI=1S/C8H17NO6S.2CH4.H2S/c1-3-4-12-7-8(2)13-5-6-14-16(10,11)15-9;;;/h3,8H,1,4-7,9H2,2H3;2*1H4;1H2. The van der Waals surface area contributed by atoms with Gasteiger partial charge in [0.2, 0.25) is 0 Å². The Morgan fingerprint density at radius 3 is 2.37 bits per heavy atom. The van der Waals surface area contributed by atoms with Gasteiger partial charge in [-0.25, -0.2) is 4.18 Å². The van der Waals surface area contributed by atoms with Crippen LogP contribution in [0, 0.1) is 0 Å². The minimum absolute atomic E-state index is 0. The Morgan fingerprint density at radius 1 is 1.32 bits per heavy atom. The van der Waals surface area contributed by atoms with Gasteiger partial charge in [0.25, 0.3) is 0 Å². The predicted molar refractivity (Wildman–Crippen MR) is 80.4 cm³/mol. The van der Waals surface area contributed by atoms with Gasteiger partial charge in [-0.2, -0.15) is 32.1 Å². The third-order valence-electron chi connectivity index (χ3n) is 1.42. The third-order valence-corrected chi connectivity index (χ3v) is 2.11. The second kappa shape index (κ2) is 15.9. The molecule has 0 fully saturated rings. The monoisotopic (exact) mass is 321 g/mol. The maximum atomic E-state index is 10.6. The average Bonchev–Trinajstić information content (AvgIpc) is 2.25. The largest absolute Gasteiger partial charge is 0.415 e. The van der Waals surface area contributed by atoms with Crippen LogP contribution in [0.25, 0.3) is 0 Å². The van der Waals surface area contributed by atoms with Gasteiger partial charge >= 0.3 is 10.4 Å². The highest BCUT2D eigenvalue weighted by Crippen LogP contribution is 1.95. The van der Waals surface area contributed by atoms with E-state index in [0.29, 0.717) is 13.2 Å². The molecule has 0 bridgehead atoms. The molecule has 0 heterocycles. The van der Waals surface area contributed by atoms with E-state index in [0.717, 1.165) is 0 Å². The van der Waals surface area contributed by atoms with Crippen LogP contribution in [0.1, 0.15) is 21.8 Å². The van der Waals surface area contributed by atoms with E-state index in [1.807, 2.05) is 0 Å². The molecule has 0 spiro atoms. The molecule has 7 nitrogen and oxygen atoms in total. The lowest BCUT2D eigenvalue weighted by molar-refractivity contribution is -0.0104. The normalized spacial score (nSPS) is 11.5. The van der Waals surface area contributed by atoms with Crippen molar-refractivity contribution in [3.05, 3.63) is 12.7 Å². The van der Waals surface area contributed by atoms with E-state index in [9.17, 15) is 8.42 Å². The zero-order valence-electron chi connectivity index (χ0n) is 9.63. The van der Waals surface area contributed by atoms with Crippen molar-refractivity contribution in [1.82, 2.24) is 0 Å². The number of rotatable bonds is 10. The number of ether oxygens (including phenoxy) is 2.